The molecule has 2 saturated heterocycles. The molecular weight excluding hydrogens is 406 g/mol. The molecule has 1 aromatic carbocycles. The number of nitrogens with two attached hydrogens (primary N) is 1. The quantitative estimate of drug-likeness (QED) is 0.771. The van der Waals surface area contributed by atoms with Crippen LogP contribution in [0.4, 0.5) is 20.3 Å². The maximum atomic E-state index is 14.1. The van der Waals surface area contributed by atoms with Crippen LogP contribution in [0.1, 0.15) is 18.7 Å². The number of nitrogen functional groups attached to an aromatic ring is 1. The zero-order valence-corrected chi connectivity index (χ0v) is 17.2. The van der Waals surface area contributed by atoms with Crippen LogP contribution in [0.15, 0.2) is 30.5 Å². The number of carbonyl (C=O) groups is 2. The van der Waals surface area contributed by atoms with Gasteiger partial charge in [-0.1, -0.05) is 0 Å². The molecule has 3 heterocycles. The van der Waals surface area contributed by atoms with E-state index in [4.69, 9.17) is 5.73 Å². The van der Waals surface area contributed by atoms with Gasteiger partial charge < -0.3 is 15.5 Å². The number of likely N-dealkylation sites (tertiary alicyclic amines) is 1. The maximum Gasteiger partial charge on any atom is 0.228 e. The zero-order valence-electron chi connectivity index (χ0n) is 17.2. The molecule has 2 fully saturated rings. The van der Waals surface area contributed by atoms with Crippen molar-refractivity contribution in [2.45, 2.75) is 25.4 Å². The van der Waals surface area contributed by atoms with Crippen LogP contribution in [0, 0.1) is 17.6 Å². The van der Waals surface area contributed by atoms with E-state index in [0.717, 1.165) is 18.6 Å². The summed E-state index contributed by atoms with van der Waals surface area (Å²) in [5, 5.41) is 0. The highest BCUT2D eigenvalue weighted by Crippen LogP contribution is 2.30. The monoisotopic (exact) mass is 430 g/mol. The number of likely N-dealkylation sites (N-methyl/N-ethyl adjacent to an activating group) is 1. The molecule has 8 nitrogen and oxygen atoms in total. The van der Waals surface area contributed by atoms with Crippen molar-refractivity contribution in [3.05, 3.63) is 47.9 Å². The van der Waals surface area contributed by atoms with Crippen LogP contribution >= 0.6 is 0 Å². The van der Waals surface area contributed by atoms with Gasteiger partial charge in [-0.15, -0.1) is 0 Å². The Bertz CT molecular complexity index is 1000. The van der Waals surface area contributed by atoms with Gasteiger partial charge in [0.15, 0.2) is 0 Å². The lowest BCUT2D eigenvalue weighted by Gasteiger charge is -2.25. The van der Waals surface area contributed by atoms with Crippen LogP contribution in [0.2, 0.25) is 0 Å². The average Bonchev–Trinajstić information content (AvgIpc) is 3.35. The van der Waals surface area contributed by atoms with Gasteiger partial charge >= 0.3 is 0 Å². The van der Waals surface area contributed by atoms with Crippen molar-refractivity contribution in [3.63, 3.8) is 0 Å². The lowest BCUT2D eigenvalue weighted by Crippen LogP contribution is -2.39. The summed E-state index contributed by atoms with van der Waals surface area (Å²) in [5.74, 6) is -1.49. The van der Waals surface area contributed by atoms with E-state index < -0.39 is 17.6 Å². The van der Waals surface area contributed by atoms with Crippen LogP contribution in [0.25, 0.3) is 0 Å². The van der Waals surface area contributed by atoms with Gasteiger partial charge in [0.05, 0.1) is 18.2 Å². The number of hydrogen-bond donors (Lipinski definition) is 1. The number of nitrogens with zero attached hydrogens (tertiary/aromatic N) is 5. The summed E-state index contributed by atoms with van der Waals surface area (Å²) in [6.45, 7) is 1.72. The second kappa shape index (κ2) is 8.54. The van der Waals surface area contributed by atoms with Crippen molar-refractivity contribution in [3.8, 4) is 0 Å². The largest absolute Gasteiger partial charge is 0.384 e. The first-order valence-corrected chi connectivity index (χ1v) is 10.1. The van der Waals surface area contributed by atoms with Gasteiger partial charge in [0.1, 0.15) is 23.3 Å². The van der Waals surface area contributed by atoms with Crippen molar-refractivity contribution in [2.24, 2.45) is 5.92 Å². The fraction of sp³-hybridized carbons (Fsp3) is 0.429. The minimum Gasteiger partial charge on any atom is -0.384 e. The third-order valence-corrected chi connectivity index (χ3v) is 5.89. The molecule has 0 aliphatic carbocycles. The molecule has 0 spiro atoms. The third-order valence-electron chi connectivity index (χ3n) is 5.89. The molecular formula is C21H24F2N6O2. The number of amides is 2. The molecule has 2 aliphatic rings. The number of benzene rings is 1. The SMILES string of the molecule is CN(Cc1nccc(N)n1)C1CCN(C(=O)C2CC(=O)N(c3ccc(F)cc3F)C2)C1. The van der Waals surface area contributed by atoms with Crippen molar-refractivity contribution in [2.75, 3.05) is 37.3 Å². The first-order valence-electron chi connectivity index (χ1n) is 10.1. The first-order chi connectivity index (χ1) is 14.8. The maximum absolute atomic E-state index is 14.1. The van der Waals surface area contributed by atoms with E-state index >= 15 is 0 Å². The van der Waals surface area contributed by atoms with E-state index in [-0.39, 0.29) is 36.5 Å². The molecule has 2 atom stereocenters. The Labute approximate surface area is 178 Å². The topological polar surface area (TPSA) is 95.7 Å². The lowest BCUT2D eigenvalue weighted by molar-refractivity contribution is -0.135. The molecule has 2 aromatic rings. The number of aromatic nitrogens is 2. The molecule has 164 valence electrons. The summed E-state index contributed by atoms with van der Waals surface area (Å²) in [6, 6.07) is 4.84. The van der Waals surface area contributed by atoms with Crippen molar-refractivity contribution in [1.29, 1.82) is 0 Å². The van der Waals surface area contributed by atoms with Crippen LogP contribution in [0.3, 0.4) is 0 Å². The van der Waals surface area contributed by atoms with E-state index in [2.05, 4.69) is 14.9 Å². The first kappa shape index (κ1) is 21.1. The zero-order chi connectivity index (χ0) is 22.1. The number of carbonyl (C=O) groups excluding carboxylic acids is 2. The summed E-state index contributed by atoms with van der Waals surface area (Å²) < 4.78 is 27.3. The predicted molar refractivity (Wildman–Crippen MR) is 110 cm³/mol. The second-order valence-corrected chi connectivity index (χ2v) is 8.04. The van der Waals surface area contributed by atoms with Gasteiger partial charge in [-0.05, 0) is 31.7 Å². The Hall–Kier alpha value is -3.14. The van der Waals surface area contributed by atoms with Gasteiger partial charge in [0.25, 0.3) is 0 Å². The standard InChI is InChI=1S/C21H24F2N6O2/c1-27(12-19-25-6-4-18(24)26-19)15-5-7-28(11-15)21(31)13-8-20(30)29(10-13)17-3-2-14(22)9-16(17)23/h2-4,6,9,13,15H,5,7-8,10-12H2,1H3,(H2,24,25,26). The molecule has 0 radical (unpaired) electrons. The van der Waals surface area contributed by atoms with Crippen molar-refractivity contribution >= 4 is 23.3 Å². The second-order valence-electron chi connectivity index (χ2n) is 8.04. The van der Waals surface area contributed by atoms with Crippen LogP contribution in [-0.2, 0) is 16.1 Å². The highest BCUT2D eigenvalue weighted by molar-refractivity contribution is 6.00. The molecule has 2 N–H and O–H groups in total. The minimum absolute atomic E-state index is 0.00265. The van der Waals surface area contributed by atoms with Gasteiger partial charge in [-0.2, -0.15) is 0 Å². The van der Waals surface area contributed by atoms with E-state index in [1.165, 1.54) is 11.0 Å². The van der Waals surface area contributed by atoms with Gasteiger partial charge in [0.2, 0.25) is 11.8 Å². The normalized spacial score (nSPS) is 21.4. The smallest absolute Gasteiger partial charge is 0.228 e. The van der Waals surface area contributed by atoms with E-state index in [0.29, 0.717) is 31.3 Å². The van der Waals surface area contributed by atoms with Crippen LogP contribution in [0.5, 0.6) is 0 Å². The number of hydrogen-bond acceptors (Lipinski definition) is 6. The predicted octanol–water partition coefficient (Wildman–Crippen LogP) is 1.42. The molecule has 2 amide bonds. The average molecular weight is 430 g/mol. The summed E-state index contributed by atoms with van der Waals surface area (Å²) in [5.41, 5.74) is 5.71. The summed E-state index contributed by atoms with van der Waals surface area (Å²) >= 11 is 0. The van der Waals surface area contributed by atoms with E-state index in [9.17, 15) is 18.4 Å². The lowest BCUT2D eigenvalue weighted by atomic mass is 10.1. The highest BCUT2D eigenvalue weighted by Gasteiger charge is 2.40. The Balaban J connectivity index is 1.36. The number of anilines is 2. The van der Waals surface area contributed by atoms with E-state index in [1.54, 1.807) is 17.2 Å². The summed E-state index contributed by atoms with van der Waals surface area (Å²) in [6.07, 6.45) is 2.42. The molecule has 2 aliphatic heterocycles. The molecule has 31 heavy (non-hydrogen) atoms. The molecule has 4 rings (SSSR count). The van der Waals surface area contributed by atoms with Gasteiger partial charge in [-0.25, -0.2) is 18.7 Å². The van der Waals surface area contributed by atoms with Gasteiger partial charge in [-0.3, -0.25) is 14.5 Å². The van der Waals surface area contributed by atoms with Crippen LogP contribution < -0.4 is 10.6 Å². The minimum atomic E-state index is -0.812. The molecule has 0 saturated carbocycles. The Morgan fingerprint density at radius 3 is 2.84 bits per heavy atom. The molecule has 10 heteroatoms. The number of halogens is 2. The van der Waals surface area contributed by atoms with E-state index in [1.807, 2.05) is 7.05 Å². The van der Waals surface area contributed by atoms with Crippen LogP contribution in [-0.4, -0.2) is 64.3 Å². The summed E-state index contributed by atoms with van der Waals surface area (Å²) in [4.78, 5) is 38.9. The third kappa shape index (κ3) is 4.48. The fourth-order valence-electron chi connectivity index (χ4n) is 4.21. The summed E-state index contributed by atoms with van der Waals surface area (Å²) in [7, 11) is 1.95. The Morgan fingerprint density at radius 2 is 2.10 bits per heavy atom. The molecule has 1 aromatic heterocycles. The highest BCUT2D eigenvalue weighted by atomic mass is 19.1. The molecule has 2 unspecified atom stereocenters. The Kier molecular flexibility index (Phi) is 5.81. The number of rotatable bonds is 5. The molecule has 0 bridgehead atoms. The fourth-order valence-corrected chi connectivity index (χ4v) is 4.21. The Morgan fingerprint density at radius 1 is 1.29 bits per heavy atom. The van der Waals surface area contributed by atoms with Gasteiger partial charge in [0, 0.05) is 44.4 Å². The van der Waals surface area contributed by atoms with Crippen molar-refractivity contribution in [1.82, 2.24) is 19.8 Å². The van der Waals surface area contributed by atoms with Crippen molar-refractivity contribution < 1.29 is 18.4 Å².